The van der Waals surface area contributed by atoms with Gasteiger partial charge in [0.05, 0.1) is 20.6 Å². The lowest BCUT2D eigenvalue weighted by Gasteiger charge is -2.11. The third-order valence-electron chi connectivity index (χ3n) is 3.88. The smallest absolute Gasteiger partial charge is 0.262 e. The quantitative estimate of drug-likeness (QED) is 0.502. The van der Waals surface area contributed by atoms with E-state index < -0.39 is 43.8 Å². The van der Waals surface area contributed by atoms with E-state index in [1.54, 1.807) is 19.1 Å². The van der Waals surface area contributed by atoms with Gasteiger partial charge in [-0.3, -0.25) is 9.79 Å². The molecule has 1 aliphatic heterocycles. The number of carbonyl (C=O) groups excluding carboxylic acids is 1. The summed E-state index contributed by atoms with van der Waals surface area (Å²) in [4.78, 5) is 20.7. The lowest BCUT2D eigenvalue weighted by molar-refractivity contribution is 0.0970. The lowest BCUT2D eigenvalue weighted by atomic mass is 10.1. The average molecular weight is 514 g/mol. The molecule has 0 bridgehead atoms. The third kappa shape index (κ3) is 3.61. The molecule has 4 rings (SSSR count). The number of rotatable bonds is 3. The molecule has 0 fully saturated rings. The van der Waals surface area contributed by atoms with Gasteiger partial charge in [0.1, 0.15) is 22.7 Å². The summed E-state index contributed by atoms with van der Waals surface area (Å²) in [7, 11) is 0. The van der Waals surface area contributed by atoms with Crippen molar-refractivity contribution in [2.24, 2.45) is 4.99 Å². The van der Waals surface area contributed by atoms with Crippen LogP contribution in [0.3, 0.4) is 0 Å². The second-order valence-corrected chi connectivity index (χ2v) is 8.61. The van der Waals surface area contributed by atoms with Crippen molar-refractivity contribution in [1.29, 1.82) is 0 Å². The zero-order valence-corrected chi connectivity index (χ0v) is 17.2. The monoisotopic (exact) mass is 513 g/mol. The van der Waals surface area contributed by atoms with Gasteiger partial charge >= 0.3 is 0 Å². The maximum absolute atomic E-state index is 13.7. The van der Waals surface area contributed by atoms with Crippen LogP contribution < -0.4 is 5.32 Å². The van der Waals surface area contributed by atoms with Crippen molar-refractivity contribution in [3.05, 3.63) is 68.1 Å². The lowest BCUT2D eigenvalue weighted by Crippen LogP contribution is -2.31. The average Bonchev–Trinajstić information content (AvgIpc) is 3.00. The van der Waals surface area contributed by atoms with Gasteiger partial charge in [-0.25, -0.2) is 13.8 Å². The summed E-state index contributed by atoms with van der Waals surface area (Å²) in [5.41, 5.74) is 1.98. The third-order valence-corrected chi connectivity index (χ3v) is 6.31. The highest BCUT2D eigenvalue weighted by atomic mass is 127. The van der Waals surface area contributed by atoms with Crippen LogP contribution >= 0.6 is 32.3 Å². The van der Waals surface area contributed by atoms with E-state index in [1.807, 2.05) is 4.08 Å². The zero-order valence-electron chi connectivity index (χ0n) is 14.3. The van der Waals surface area contributed by atoms with Crippen LogP contribution in [-0.2, 0) is 0 Å². The number of hydrogen-bond donors (Lipinski definition) is 1. The number of amides is 1. The highest BCUT2D eigenvalue weighted by Crippen LogP contribution is 2.32. The molecule has 0 aliphatic carbocycles. The predicted molar refractivity (Wildman–Crippen MR) is 113 cm³/mol. The molecule has 2 heterocycles. The Hall–Kier alpha value is -2.46. The molecule has 0 saturated heterocycles. The van der Waals surface area contributed by atoms with Crippen molar-refractivity contribution in [3.8, 4) is 0 Å². The van der Waals surface area contributed by atoms with Crippen LogP contribution in [0.25, 0.3) is 16.8 Å². The molecule has 5 nitrogen and oxygen atoms in total. The number of aliphatic imine (C=N–C) groups is 1. The van der Waals surface area contributed by atoms with Crippen LogP contribution in [0.15, 0.2) is 43.8 Å². The molecule has 3 aromatic rings. The van der Waals surface area contributed by atoms with Crippen molar-refractivity contribution in [2.75, 3.05) is 0 Å². The van der Waals surface area contributed by atoms with E-state index in [1.165, 1.54) is 12.3 Å². The zero-order chi connectivity index (χ0) is 19.8. The number of fused-ring (bicyclic) bond motifs is 1. The van der Waals surface area contributed by atoms with Gasteiger partial charge in [0.15, 0.2) is 11.5 Å². The van der Waals surface area contributed by atoms with Crippen LogP contribution in [0.2, 0.25) is 5.02 Å². The fraction of sp³-hybridized carbons (Fsp3) is 0.0526. The van der Waals surface area contributed by atoms with E-state index >= 15 is 0 Å². The number of oxazole rings is 1. The molecule has 0 spiro atoms. The molecule has 2 aromatic carbocycles. The Morgan fingerprint density at radius 3 is 2.68 bits per heavy atom. The number of carbonyl (C=O) groups is 1. The van der Waals surface area contributed by atoms with Crippen LogP contribution in [0.4, 0.5) is 8.78 Å². The SMILES string of the molecule is Cc1nc2cc(Cl)c(C3=CI=C(NC(=O)c4c(F)cccc4F)C=N3)cc2o1. The fourth-order valence-electron chi connectivity index (χ4n) is 2.63. The first-order valence-electron chi connectivity index (χ1n) is 7.99. The van der Waals surface area contributed by atoms with Gasteiger partial charge in [-0.2, -0.15) is 0 Å². The molecule has 9 heteroatoms. The fourth-order valence-corrected chi connectivity index (χ4v) is 4.71. The largest absolute Gasteiger partial charge is 0.441 e. The highest BCUT2D eigenvalue weighted by Gasteiger charge is 2.19. The maximum atomic E-state index is 13.7. The van der Waals surface area contributed by atoms with Crippen LogP contribution in [-0.4, -0.2) is 20.7 Å². The van der Waals surface area contributed by atoms with Gasteiger partial charge in [0.2, 0.25) is 0 Å². The number of benzene rings is 2. The number of nitrogens with one attached hydrogen (secondary N) is 1. The molecule has 0 radical (unpaired) electrons. The minimum Gasteiger partial charge on any atom is -0.441 e. The van der Waals surface area contributed by atoms with E-state index in [0.717, 1.165) is 12.1 Å². The second kappa shape index (κ2) is 7.51. The van der Waals surface area contributed by atoms with Crippen LogP contribution in [0.1, 0.15) is 21.8 Å². The first kappa shape index (κ1) is 18.9. The van der Waals surface area contributed by atoms with E-state index in [2.05, 4.69) is 15.3 Å². The molecule has 142 valence electrons. The standard InChI is InChI=1S/C19H11ClF2IN3O2/c1-9-25-14-6-11(20)10(5-16(14)28-9)15-7-23-17(8-24-15)26-19(27)18-12(21)3-2-4-13(18)22/h2-8H,1H3,(H,26,27). The molecular weight excluding hydrogens is 503 g/mol. The summed E-state index contributed by atoms with van der Waals surface area (Å²) in [6.45, 7) is 1.75. The first-order valence-corrected chi connectivity index (χ1v) is 10.7. The predicted octanol–water partition coefficient (Wildman–Crippen LogP) is 4.98. The van der Waals surface area contributed by atoms with Crippen LogP contribution in [0.5, 0.6) is 0 Å². The van der Waals surface area contributed by atoms with E-state index in [9.17, 15) is 13.6 Å². The Kier molecular flexibility index (Phi) is 5.07. The summed E-state index contributed by atoms with van der Waals surface area (Å²) in [6, 6.07) is 6.75. The van der Waals surface area contributed by atoms with Crippen molar-refractivity contribution >= 4 is 64.9 Å². The Labute approximate surface area is 172 Å². The van der Waals surface area contributed by atoms with Gasteiger partial charge in [0, 0.05) is 12.5 Å². The van der Waals surface area contributed by atoms with E-state index in [0.29, 0.717) is 36.9 Å². The van der Waals surface area contributed by atoms with Gasteiger partial charge in [-0.05, 0) is 28.3 Å². The summed E-state index contributed by atoms with van der Waals surface area (Å²) >= 11 is 5.55. The van der Waals surface area contributed by atoms with Crippen molar-refractivity contribution in [2.45, 2.75) is 6.92 Å². The minimum atomic E-state index is -0.914. The Balaban J connectivity index is 1.59. The Bertz CT molecular complexity index is 1200. The highest BCUT2D eigenvalue weighted by molar-refractivity contribution is 14.2. The Morgan fingerprint density at radius 1 is 1.25 bits per heavy atom. The van der Waals surface area contributed by atoms with Crippen molar-refractivity contribution in [1.82, 2.24) is 10.3 Å². The number of aromatic nitrogens is 1. The van der Waals surface area contributed by atoms with Gasteiger partial charge in [0.25, 0.3) is 5.91 Å². The van der Waals surface area contributed by atoms with Gasteiger partial charge in [-0.1, -0.05) is 38.4 Å². The summed E-state index contributed by atoms with van der Waals surface area (Å²) in [6.07, 6.45) is 1.48. The molecule has 1 amide bonds. The summed E-state index contributed by atoms with van der Waals surface area (Å²) in [5.74, 6) is -2.13. The molecule has 0 saturated carbocycles. The molecular formula is C19H11ClF2IN3O2. The molecule has 0 atom stereocenters. The second-order valence-electron chi connectivity index (χ2n) is 5.79. The topological polar surface area (TPSA) is 67.5 Å². The molecule has 0 unspecified atom stereocenters. The maximum Gasteiger partial charge on any atom is 0.262 e. The molecule has 1 N–H and O–H groups in total. The van der Waals surface area contributed by atoms with E-state index in [-0.39, 0.29) is 0 Å². The van der Waals surface area contributed by atoms with Crippen molar-refractivity contribution in [3.63, 3.8) is 0 Å². The van der Waals surface area contributed by atoms with Gasteiger partial charge < -0.3 is 9.73 Å². The van der Waals surface area contributed by atoms with Crippen molar-refractivity contribution < 1.29 is 18.0 Å². The first-order chi connectivity index (χ1) is 13.4. The number of nitrogens with zero attached hydrogens (tertiary/aromatic N) is 2. The normalized spacial score (nSPS) is 13.7. The number of halogens is 4. The minimum absolute atomic E-state index is 0.481. The van der Waals surface area contributed by atoms with Gasteiger partial charge in [-0.15, -0.1) is 0 Å². The number of hydrogen-bond acceptors (Lipinski definition) is 4. The molecule has 1 aromatic heterocycles. The molecule has 1 aliphatic rings. The Morgan fingerprint density at radius 2 is 2.00 bits per heavy atom. The van der Waals surface area contributed by atoms with E-state index in [4.69, 9.17) is 16.0 Å². The summed E-state index contributed by atoms with van der Waals surface area (Å²) in [5, 5.41) is 3.01. The van der Waals surface area contributed by atoms with Crippen LogP contribution in [0, 0.1) is 18.6 Å². The molecule has 28 heavy (non-hydrogen) atoms. The summed E-state index contributed by atoms with van der Waals surface area (Å²) < 4.78 is 35.4. The number of aryl methyl sites for hydroxylation is 1.